The first-order valence-electron chi connectivity index (χ1n) is 8.15. The number of nitriles is 1. The first kappa shape index (κ1) is 19.4. The number of aryl methyl sites for hydroxylation is 1. The lowest BCUT2D eigenvalue weighted by molar-refractivity contribution is 0.0600. The van der Waals surface area contributed by atoms with Crippen LogP contribution < -0.4 is 4.72 Å². The fourth-order valence-corrected chi connectivity index (χ4v) is 4.27. The standard InChI is InChI=1S/C17H23N3O4S/c1-13-3-4-15(17(21)24-2)11-16(13)25(22,23)19-12-14-5-8-20(9-6-14)10-7-18/h3-4,11,14,19H,5-6,8-10,12H2,1-2H3. The van der Waals surface area contributed by atoms with E-state index in [9.17, 15) is 13.2 Å². The number of benzene rings is 1. The van der Waals surface area contributed by atoms with Gasteiger partial charge in [-0.3, -0.25) is 4.90 Å². The first-order valence-corrected chi connectivity index (χ1v) is 9.63. The Labute approximate surface area is 148 Å². The second kappa shape index (κ2) is 8.43. The number of carbonyl (C=O) groups is 1. The van der Waals surface area contributed by atoms with Crippen LogP contribution in [0.15, 0.2) is 23.1 Å². The summed E-state index contributed by atoms with van der Waals surface area (Å²) in [6.07, 6.45) is 1.71. The van der Waals surface area contributed by atoms with Gasteiger partial charge in [-0.05, 0) is 56.5 Å². The Morgan fingerprint density at radius 2 is 2.08 bits per heavy atom. The van der Waals surface area contributed by atoms with Crippen LogP contribution in [0.3, 0.4) is 0 Å². The topological polar surface area (TPSA) is 99.5 Å². The molecule has 1 aromatic rings. The number of rotatable bonds is 6. The van der Waals surface area contributed by atoms with Gasteiger partial charge in [0.2, 0.25) is 10.0 Å². The molecule has 0 aromatic heterocycles. The van der Waals surface area contributed by atoms with Crippen molar-refractivity contribution in [3.63, 3.8) is 0 Å². The van der Waals surface area contributed by atoms with Gasteiger partial charge in [0.15, 0.2) is 0 Å². The zero-order valence-corrected chi connectivity index (χ0v) is 15.3. The first-order chi connectivity index (χ1) is 11.9. The molecule has 1 aliphatic rings. The zero-order chi connectivity index (χ0) is 18.4. The van der Waals surface area contributed by atoms with Crippen LogP contribution in [0.2, 0.25) is 0 Å². The van der Waals surface area contributed by atoms with E-state index in [0.717, 1.165) is 25.9 Å². The number of likely N-dealkylation sites (tertiary alicyclic amines) is 1. The third-order valence-electron chi connectivity index (χ3n) is 4.46. The van der Waals surface area contributed by atoms with Crippen LogP contribution in [0.1, 0.15) is 28.8 Å². The molecule has 0 radical (unpaired) electrons. The number of sulfonamides is 1. The van der Waals surface area contributed by atoms with Crippen molar-refractivity contribution >= 4 is 16.0 Å². The SMILES string of the molecule is COC(=O)c1ccc(C)c(S(=O)(=O)NCC2CCN(CC#N)CC2)c1. The Kier molecular flexibility index (Phi) is 6.53. The molecule has 1 heterocycles. The Balaban J connectivity index is 2.03. The highest BCUT2D eigenvalue weighted by Crippen LogP contribution is 2.20. The molecule has 1 aliphatic heterocycles. The second-order valence-electron chi connectivity index (χ2n) is 6.20. The molecule has 1 fully saturated rings. The molecule has 25 heavy (non-hydrogen) atoms. The van der Waals surface area contributed by atoms with E-state index in [2.05, 4.69) is 20.4 Å². The minimum atomic E-state index is -3.70. The number of nitrogens with zero attached hydrogens (tertiary/aromatic N) is 2. The average Bonchev–Trinajstić information content (AvgIpc) is 2.61. The molecule has 1 aromatic carbocycles. The van der Waals surface area contributed by atoms with Gasteiger partial charge in [0.1, 0.15) is 0 Å². The van der Waals surface area contributed by atoms with Gasteiger partial charge in [-0.15, -0.1) is 0 Å². The summed E-state index contributed by atoms with van der Waals surface area (Å²) in [7, 11) is -2.44. The molecule has 8 heteroatoms. The number of ether oxygens (including phenoxy) is 1. The molecular formula is C17H23N3O4S. The van der Waals surface area contributed by atoms with E-state index >= 15 is 0 Å². The van der Waals surface area contributed by atoms with Crippen molar-refractivity contribution in [2.24, 2.45) is 5.92 Å². The maximum absolute atomic E-state index is 12.6. The Bertz CT molecular complexity index is 763. The van der Waals surface area contributed by atoms with Crippen molar-refractivity contribution < 1.29 is 17.9 Å². The van der Waals surface area contributed by atoms with Crippen LogP contribution in [-0.4, -0.2) is 52.6 Å². The highest BCUT2D eigenvalue weighted by atomic mass is 32.2. The van der Waals surface area contributed by atoms with Crippen molar-refractivity contribution in [3.05, 3.63) is 29.3 Å². The predicted octanol–water partition coefficient (Wildman–Crippen LogP) is 1.30. The van der Waals surface area contributed by atoms with Gasteiger partial charge >= 0.3 is 5.97 Å². The molecule has 0 bridgehead atoms. The molecule has 0 saturated carbocycles. The largest absolute Gasteiger partial charge is 0.465 e. The lowest BCUT2D eigenvalue weighted by Gasteiger charge is -2.30. The summed E-state index contributed by atoms with van der Waals surface area (Å²) in [4.78, 5) is 13.8. The van der Waals surface area contributed by atoms with E-state index in [4.69, 9.17) is 5.26 Å². The summed E-state index contributed by atoms with van der Waals surface area (Å²) in [5.41, 5.74) is 0.780. The van der Waals surface area contributed by atoms with Crippen LogP contribution >= 0.6 is 0 Å². The van der Waals surface area contributed by atoms with Crippen molar-refractivity contribution in [2.45, 2.75) is 24.7 Å². The molecule has 1 N–H and O–H groups in total. The van der Waals surface area contributed by atoms with Gasteiger partial charge in [-0.1, -0.05) is 6.07 Å². The Morgan fingerprint density at radius 3 is 2.68 bits per heavy atom. The van der Waals surface area contributed by atoms with Gasteiger partial charge < -0.3 is 4.74 Å². The quantitative estimate of drug-likeness (QED) is 0.602. The monoisotopic (exact) mass is 365 g/mol. The summed E-state index contributed by atoms with van der Waals surface area (Å²) in [6.45, 7) is 4.06. The Hall–Kier alpha value is -1.95. The number of hydrogen-bond donors (Lipinski definition) is 1. The number of hydrogen-bond acceptors (Lipinski definition) is 6. The number of carbonyl (C=O) groups excluding carboxylic acids is 1. The summed E-state index contributed by atoms with van der Waals surface area (Å²) in [6, 6.07) is 6.62. The maximum Gasteiger partial charge on any atom is 0.337 e. The maximum atomic E-state index is 12.6. The summed E-state index contributed by atoms with van der Waals surface area (Å²) >= 11 is 0. The Morgan fingerprint density at radius 1 is 1.40 bits per heavy atom. The van der Waals surface area contributed by atoms with E-state index in [0.29, 0.717) is 18.7 Å². The van der Waals surface area contributed by atoms with Crippen LogP contribution in [0.5, 0.6) is 0 Å². The van der Waals surface area contributed by atoms with Crippen LogP contribution in [-0.2, 0) is 14.8 Å². The molecular weight excluding hydrogens is 342 g/mol. The van der Waals surface area contributed by atoms with Crippen molar-refractivity contribution in [2.75, 3.05) is 33.3 Å². The van der Waals surface area contributed by atoms with E-state index in [1.807, 2.05) is 0 Å². The molecule has 0 spiro atoms. The van der Waals surface area contributed by atoms with E-state index in [1.165, 1.54) is 13.2 Å². The molecule has 0 atom stereocenters. The van der Waals surface area contributed by atoms with E-state index in [1.54, 1.807) is 19.1 Å². The normalized spacial score (nSPS) is 16.4. The van der Waals surface area contributed by atoms with Crippen LogP contribution in [0.25, 0.3) is 0 Å². The highest BCUT2D eigenvalue weighted by molar-refractivity contribution is 7.89. The van der Waals surface area contributed by atoms with Crippen LogP contribution in [0, 0.1) is 24.2 Å². The van der Waals surface area contributed by atoms with E-state index in [-0.39, 0.29) is 16.4 Å². The predicted molar refractivity (Wildman–Crippen MR) is 92.5 cm³/mol. The van der Waals surface area contributed by atoms with Crippen molar-refractivity contribution in [3.8, 4) is 6.07 Å². The molecule has 0 amide bonds. The fraction of sp³-hybridized carbons (Fsp3) is 0.529. The second-order valence-corrected chi connectivity index (χ2v) is 7.94. The summed E-state index contributed by atoms with van der Waals surface area (Å²) < 4.78 is 32.5. The fourth-order valence-electron chi connectivity index (χ4n) is 2.89. The minimum Gasteiger partial charge on any atom is -0.465 e. The molecule has 2 rings (SSSR count). The van der Waals surface area contributed by atoms with Crippen LogP contribution in [0.4, 0.5) is 0 Å². The third-order valence-corrected chi connectivity index (χ3v) is 6.03. The number of esters is 1. The minimum absolute atomic E-state index is 0.0947. The number of nitrogens with one attached hydrogen (secondary N) is 1. The molecule has 0 unspecified atom stereocenters. The lowest BCUT2D eigenvalue weighted by atomic mass is 9.97. The molecule has 0 aliphatic carbocycles. The molecule has 1 saturated heterocycles. The van der Waals surface area contributed by atoms with Crippen molar-refractivity contribution in [1.82, 2.24) is 9.62 Å². The highest BCUT2D eigenvalue weighted by Gasteiger charge is 2.23. The van der Waals surface area contributed by atoms with Gasteiger partial charge in [0.25, 0.3) is 0 Å². The van der Waals surface area contributed by atoms with Gasteiger partial charge in [-0.25, -0.2) is 17.9 Å². The van der Waals surface area contributed by atoms with Gasteiger partial charge in [0.05, 0.1) is 30.2 Å². The summed E-state index contributed by atoms with van der Waals surface area (Å²) in [5.74, 6) is -0.324. The molecule has 136 valence electrons. The third kappa shape index (κ3) is 5.01. The van der Waals surface area contributed by atoms with E-state index < -0.39 is 16.0 Å². The lowest BCUT2D eigenvalue weighted by Crippen LogP contribution is -2.38. The van der Waals surface area contributed by atoms with Crippen molar-refractivity contribution in [1.29, 1.82) is 5.26 Å². The summed E-state index contributed by atoms with van der Waals surface area (Å²) in [5, 5.41) is 8.71. The number of piperidine rings is 1. The average molecular weight is 365 g/mol. The van der Waals surface area contributed by atoms with Gasteiger partial charge in [-0.2, -0.15) is 5.26 Å². The zero-order valence-electron chi connectivity index (χ0n) is 14.5. The molecule has 7 nitrogen and oxygen atoms in total. The number of methoxy groups -OCH3 is 1. The smallest absolute Gasteiger partial charge is 0.337 e. The van der Waals surface area contributed by atoms with Gasteiger partial charge in [0, 0.05) is 6.54 Å².